The average molecular weight is 378 g/mol. The fourth-order valence-corrected chi connectivity index (χ4v) is 3.57. The number of aromatic nitrogens is 3. The summed E-state index contributed by atoms with van der Waals surface area (Å²) in [6.45, 7) is 4.20. The van der Waals surface area contributed by atoms with Crippen LogP contribution in [-0.2, 0) is 11.2 Å². The minimum absolute atomic E-state index is 0.202. The molecule has 144 valence electrons. The molecule has 0 aliphatic rings. The molecule has 0 saturated heterocycles. The molecule has 0 radical (unpaired) electrons. The first kappa shape index (κ1) is 18.0. The second-order valence-corrected chi connectivity index (χ2v) is 6.78. The van der Waals surface area contributed by atoms with Gasteiger partial charge < -0.3 is 9.73 Å². The van der Waals surface area contributed by atoms with Gasteiger partial charge in [0, 0.05) is 18.7 Å². The van der Waals surface area contributed by atoms with Crippen LogP contribution in [0.5, 0.6) is 0 Å². The van der Waals surface area contributed by atoms with E-state index in [-0.39, 0.29) is 11.5 Å². The Kier molecular flexibility index (Phi) is 4.73. The van der Waals surface area contributed by atoms with E-state index < -0.39 is 6.04 Å². The Bertz CT molecular complexity index is 1190. The van der Waals surface area contributed by atoms with Crippen LogP contribution in [0.15, 0.2) is 57.9 Å². The Morgan fingerprint density at radius 2 is 2.00 bits per heavy atom. The number of nitrogens with one attached hydrogen (secondary N) is 1. The van der Waals surface area contributed by atoms with Gasteiger partial charge in [0.05, 0.1) is 11.8 Å². The first-order valence-electron chi connectivity index (χ1n) is 9.40. The van der Waals surface area contributed by atoms with Crippen LogP contribution in [0.2, 0.25) is 0 Å². The largest absolute Gasteiger partial charge is 0.463 e. The first-order valence-corrected chi connectivity index (χ1v) is 9.40. The van der Waals surface area contributed by atoms with Gasteiger partial charge in [0.2, 0.25) is 5.91 Å². The number of carbonyl (C=O) groups excluding carboxylic acids is 1. The number of aryl methyl sites for hydroxylation is 1. The number of carbonyl (C=O) groups is 1. The number of hydrogen-bond donors (Lipinski definition) is 1. The molecule has 0 fully saturated rings. The molecular weight excluding hydrogens is 356 g/mol. The summed E-state index contributed by atoms with van der Waals surface area (Å²) >= 11 is 0. The van der Waals surface area contributed by atoms with Gasteiger partial charge in [0.15, 0.2) is 5.58 Å². The van der Waals surface area contributed by atoms with Gasteiger partial charge in [-0.05, 0) is 25.3 Å². The molecule has 0 aliphatic heterocycles. The van der Waals surface area contributed by atoms with E-state index in [1.54, 1.807) is 22.8 Å². The SMILES string of the molecule is CCC(C(=O)NCCc1ccccc1)n1nc(C)n2c(cc3occc32)c1=O. The van der Waals surface area contributed by atoms with Crippen LogP contribution in [0.25, 0.3) is 16.6 Å². The molecule has 1 atom stereocenters. The Balaban J connectivity index is 1.60. The van der Waals surface area contributed by atoms with Gasteiger partial charge in [-0.3, -0.25) is 14.0 Å². The molecule has 3 heterocycles. The third kappa shape index (κ3) is 3.09. The minimum atomic E-state index is -0.659. The molecule has 0 aliphatic carbocycles. The van der Waals surface area contributed by atoms with Crippen LogP contribution in [0.1, 0.15) is 30.8 Å². The highest BCUT2D eigenvalue weighted by atomic mass is 16.3. The van der Waals surface area contributed by atoms with Crippen molar-refractivity contribution < 1.29 is 9.21 Å². The minimum Gasteiger partial charge on any atom is -0.463 e. The van der Waals surface area contributed by atoms with Gasteiger partial charge in [0.1, 0.15) is 17.4 Å². The second-order valence-electron chi connectivity index (χ2n) is 6.78. The molecule has 4 rings (SSSR count). The van der Waals surface area contributed by atoms with Crippen LogP contribution in [0.4, 0.5) is 0 Å². The van der Waals surface area contributed by atoms with Gasteiger partial charge in [-0.25, -0.2) is 4.68 Å². The van der Waals surface area contributed by atoms with Crippen LogP contribution >= 0.6 is 0 Å². The van der Waals surface area contributed by atoms with E-state index in [2.05, 4.69) is 10.4 Å². The molecule has 1 N–H and O–H groups in total. The standard InChI is InChI=1S/C21H22N4O3/c1-3-16(20(26)22-11-9-15-7-5-4-6-8-15)25-21(27)18-13-19-17(10-12-28-19)24(18)14(2)23-25/h4-8,10,12-13,16H,3,9,11H2,1-2H3,(H,22,26). The fourth-order valence-electron chi connectivity index (χ4n) is 3.57. The van der Waals surface area contributed by atoms with Crippen molar-refractivity contribution in [2.24, 2.45) is 0 Å². The summed E-state index contributed by atoms with van der Waals surface area (Å²) in [5, 5.41) is 7.36. The quantitative estimate of drug-likeness (QED) is 0.559. The molecule has 0 spiro atoms. The monoisotopic (exact) mass is 378 g/mol. The molecule has 1 aromatic carbocycles. The van der Waals surface area contributed by atoms with Crippen LogP contribution < -0.4 is 10.9 Å². The number of nitrogens with zero attached hydrogens (tertiary/aromatic N) is 3. The van der Waals surface area contributed by atoms with Crippen molar-refractivity contribution in [1.29, 1.82) is 0 Å². The zero-order valence-corrected chi connectivity index (χ0v) is 15.9. The molecule has 1 unspecified atom stereocenters. The molecule has 28 heavy (non-hydrogen) atoms. The van der Waals surface area contributed by atoms with Crippen molar-refractivity contribution in [1.82, 2.24) is 19.5 Å². The highest BCUT2D eigenvalue weighted by Crippen LogP contribution is 2.21. The maximum atomic E-state index is 13.0. The summed E-state index contributed by atoms with van der Waals surface area (Å²) in [5.41, 5.74) is 2.73. The lowest BCUT2D eigenvalue weighted by Crippen LogP contribution is -2.40. The molecule has 3 aromatic heterocycles. The average Bonchev–Trinajstić information content (AvgIpc) is 3.28. The van der Waals surface area contributed by atoms with Crippen molar-refractivity contribution in [3.05, 3.63) is 70.5 Å². The zero-order valence-electron chi connectivity index (χ0n) is 15.9. The van der Waals surface area contributed by atoms with E-state index in [0.717, 1.165) is 17.5 Å². The topological polar surface area (TPSA) is 81.5 Å². The van der Waals surface area contributed by atoms with Crippen LogP contribution in [-0.4, -0.2) is 26.6 Å². The van der Waals surface area contributed by atoms with Crippen molar-refractivity contribution in [3.63, 3.8) is 0 Å². The predicted octanol–water partition coefficient (Wildman–Crippen LogP) is 2.86. The molecule has 4 aromatic rings. The number of rotatable bonds is 6. The summed E-state index contributed by atoms with van der Waals surface area (Å²) in [7, 11) is 0. The summed E-state index contributed by atoms with van der Waals surface area (Å²) in [6, 6.07) is 12.8. The summed E-state index contributed by atoms with van der Waals surface area (Å²) in [5.74, 6) is 0.425. The summed E-state index contributed by atoms with van der Waals surface area (Å²) < 4.78 is 8.46. The van der Waals surface area contributed by atoms with E-state index in [1.807, 2.05) is 44.2 Å². The Morgan fingerprint density at radius 1 is 1.21 bits per heavy atom. The zero-order chi connectivity index (χ0) is 19.7. The number of amides is 1. The lowest BCUT2D eigenvalue weighted by molar-refractivity contribution is -0.124. The van der Waals surface area contributed by atoms with Crippen molar-refractivity contribution in [2.45, 2.75) is 32.7 Å². The third-order valence-electron chi connectivity index (χ3n) is 4.97. The highest BCUT2D eigenvalue weighted by molar-refractivity contribution is 5.83. The Morgan fingerprint density at radius 3 is 2.75 bits per heavy atom. The molecule has 1 amide bonds. The van der Waals surface area contributed by atoms with E-state index in [4.69, 9.17) is 4.42 Å². The molecule has 7 heteroatoms. The van der Waals surface area contributed by atoms with Crippen molar-refractivity contribution in [2.75, 3.05) is 6.54 Å². The molecular formula is C21H22N4O3. The van der Waals surface area contributed by atoms with Crippen molar-refractivity contribution in [3.8, 4) is 0 Å². The summed E-state index contributed by atoms with van der Waals surface area (Å²) in [6.07, 6.45) is 2.78. The highest BCUT2D eigenvalue weighted by Gasteiger charge is 2.23. The second kappa shape index (κ2) is 7.34. The van der Waals surface area contributed by atoms with Gasteiger partial charge in [-0.2, -0.15) is 5.10 Å². The number of fused-ring (bicyclic) bond motifs is 3. The van der Waals surface area contributed by atoms with E-state index >= 15 is 0 Å². The van der Waals surface area contributed by atoms with Crippen LogP contribution in [0.3, 0.4) is 0 Å². The number of furan rings is 1. The van der Waals surface area contributed by atoms with Crippen molar-refractivity contribution >= 4 is 22.5 Å². The van der Waals surface area contributed by atoms with E-state index in [1.165, 1.54) is 4.68 Å². The van der Waals surface area contributed by atoms with Gasteiger partial charge >= 0.3 is 0 Å². The lowest BCUT2D eigenvalue weighted by Gasteiger charge is -2.18. The Labute approximate surface area is 161 Å². The fraction of sp³-hybridized carbons (Fsp3) is 0.286. The third-order valence-corrected chi connectivity index (χ3v) is 4.97. The Hall–Kier alpha value is -3.35. The normalized spacial score (nSPS) is 12.5. The lowest BCUT2D eigenvalue weighted by atomic mass is 10.1. The first-order chi connectivity index (χ1) is 13.6. The molecule has 7 nitrogen and oxygen atoms in total. The number of benzene rings is 1. The van der Waals surface area contributed by atoms with E-state index in [0.29, 0.717) is 29.9 Å². The smallest absolute Gasteiger partial charge is 0.291 e. The molecule has 0 bridgehead atoms. The van der Waals surface area contributed by atoms with Gasteiger partial charge in [-0.15, -0.1) is 0 Å². The predicted molar refractivity (Wildman–Crippen MR) is 106 cm³/mol. The van der Waals surface area contributed by atoms with Gasteiger partial charge in [-0.1, -0.05) is 37.3 Å². The maximum Gasteiger partial charge on any atom is 0.291 e. The molecule has 0 saturated carbocycles. The summed E-state index contributed by atoms with van der Waals surface area (Å²) in [4.78, 5) is 25.8. The van der Waals surface area contributed by atoms with Crippen LogP contribution in [0, 0.1) is 6.92 Å². The van der Waals surface area contributed by atoms with Gasteiger partial charge in [0.25, 0.3) is 5.56 Å². The maximum absolute atomic E-state index is 13.0. The van der Waals surface area contributed by atoms with E-state index in [9.17, 15) is 9.59 Å². The number of hydrogen-bond acceptors (Lipinski definition) is 4.